The van der Waals surface area contributed by atoms with Crippen LogP contribution in [0.1, 0.15) is 4.88 Å². The maximum Gasteiger partial charge on any atom is 0.271 e. The Bertz CT molecular complexity index is 586. The fourth-order valence-electron chi connectivity index (χ4n) is 1.39. The van der Waals surface area contributed by atoms with Crippen molar-refractivity contribution in [3.63, 3.8) is 0 Å². The number of anilines is 1. The normalized spacial score (nSPS) is 10.3. The molecule has 0 unspecified atom stereocenters. The van der Waals surface area contributed by atoms with Crippen molar-refractivity contribution < 1.29 is 4.92 Å². The zero-order chi connectivity index (χ0) is 13.1. The minimum absolute atomic E-state index is 0.0769. The second kappa shape index (κ2) is 5.81. The highest BCUT2D eigenvalue weighted by Gasteiger charge is 2.09. The molecule has 1 heterocycles. The molecule has 0 aliphatic carbocycles. The highest BCUT2D eigenvalue weighted by molar-refractivity contribution is 9.11. The summed E-state index contributed by atoms with van der Waals surface area (Å²) in [6, 6.07) is 8.64. The maximum absolute atomic E-state index is 10.7. The monoisotopic (exact) mass is 390 g/mol. The van der Waals surface area contributed by atoms with Gasteiger partial charge in [0, 0.05) is 28.0 Å². The van der Waals surface area contributed by atoms with E-state index in [1.54, 1.807) is 17.4 Å². The third-order valence-corrected chi connectivity index (χ3v) is 4.56. The molecule has 0 fully saturated rings. The van der Waals surface area contributed by atoms with Crippen LogP contribution in [0.2, 0.25) is 0 Å². The van der Waals surface area contributed by atoms with Gasteiger partial charge in [-0.15, -0.1) is 11.3 Å². The molecule has 2 rings (SSSR count). The standard InChI is InChI=1S/C11H8Br2N2O2S/c12-9-3-1-7(15(16)17)5-10(9)14-6-8-2-4-11(13)18-8/h1-5,14H,6H2. The highest BCUT2D eigenvalue weighted by atomic mass is 79.9. The van der Waals surface area contributed by atoms with Crippen LogP contribution in [0.5, 0.6) is 0 Å². The van der Waals surface area contributed by atoms with E-state index < -0.39 is 4.92 Å². The van der Waals surface area contributed by atoms with E-state index in [9.17, 15) is 10.1 Å². The Hall–Kier alpha value is -0.920. The molecule has 0 saturated carbocycles. The van der Waals surface area contributed by atoms with Crippen molar-refractivity contribution in [2.75, 3.05) is 5.32 Å². The van der Waals surface area contributed by atoms with Gasteiger partial charge in [0.2, 0.25) is 0 Å². The highest BCUT2D eigenvalue weighted by Crippen LogP contribution is 2.28. The summed E-state index contributed by atoms with van der Waals surface area (Å²) in [6.45, 7) is 0.635. The molecule has 0 spiro atoms. The van der Waals surface area contributed by atoms with Crippen LogP contribution in [-0.4, -0.2) is 4.92 Å². The Kier molecular flexibility index (Phi) is 4.36. The number of nitrogens with one attached hydrogen (secondary N) is 1. The second-order valence-corrected chi connectivity index (χ2v) is 6.88. The molecule has 2 aromatic rings. The van der Waals surface area contributed by atoms with Crippen molar-refractivity contribution in [2.24, 2.45) is 0 Å². The van der Waals surface area contributed by atoms with Gasteiger partial charge in [-0.25, -0.2) is 0 Å². The average molecular weight is 392 g/mol. The number of rotatable bonds is 4. The minimum Gasteiger partial charge on any atom is -0.379 e. The Morgan fingerprint density at radius 1 is 1.28 bits per heavy atom. The summed E-state index contributed by atoms with van der Waals surface area (Å²) in [6.07, 6.45) is 0. The number of nitro benzene ring substituents is 1. The molecule has 1 aromatic carbocycles. The number of hydrogen-bond acceptors (Lipinski definition) is 4. The topological polar surface area (TPSA) is 55.2 Å². The predicted molar refractivity (Wildman–Crippen MR) is 80.1 cm³/mol. The Morgan fingerprint density at radius 2 is 2.06 bits per heavy atom. The van der Waals surface area contributed by atoms with Gasteiger partial charge < -0.3 is 5.32 Å². The number of hydrogen-bond donors (Lipinski definition) is 1. The quantitative estimate of drug-likeness (QED) is 0.601. The largest absolute Gasteiger partial charge is 0.379 e. The van der Waals surface area contributed by atoms with E-state index in [0.29, 0.717) is 12.2 Å². The third-order valence-electron chi connectivity index (χ3n) is 2.24. The molecule has 1 N–H and O–H groups in total. The van der Waals surface area contributed by atoms with Crippen LogP contribution in [0.25, 0.3) is 0 Å². The molecular formula is C11H8Br2N2O2S. The van der Waals surface area contributed by atoms with Crippen LogP contribution in [0, 0.1) is 10.1 Å². The Morgan fingerprint density at radius 3 is 2.67 bits per heavy atom. The van der Waals surface area contributed by atoms with Crippen molar-refractivity contribution in [2.45, 2.75) is 6.54 Å². The molecule has 4 nitrogen and oxygen atoms in total. The molecule has 0 aliphatic heterocycles. The first-order valence-corrected chi connectivity index (χ1v) is 7.38. The van der Waals surface area contributed by atoms with Crippen LogP contribution < -0.4 is 5.32 Å². The second-order valence-electron chi connectivity index (χ2n) is 3.48. The number of thiophene rings is 1. The van der Waals surface area contributed by atoms with Crippen LogP contribution >= 0.6 is 43.2 Å². The fourth-order valence-corrected chi connectivity index (χ4v) is 3.20. The molecule has 0 aliphatic rings. The van der Waals surface area contributed by atoms with Gasteiger partial charge in [0.25, 0.3) is 5.69 Å². The Balaban J connectivity index is 2.13. The molecule has 0 bridgehead atoms. The van der Waals surface area contributed by atoms with Gasteiger partial charge in [0.05, 0.1) is 14.4 Å². The van der Waals surface area contributed by atoms with Gasteiger partial charge in [0.15, 0.2) is 0 Å². The Labute approximate surface area is 124 Å². The predicted octanol–water partition coefficient (Wildman–Crippen LogP) is 4.79. The van der Waals surface area contributed by atoms with Crippen molar-refractivity contribution >= 4 is 54.6 Å². The van der Waals surface area contributed by atoms with Crippen LogP contribution in [0.15, 0.2) is 38.6 Å². The first-order chi connectivity index (χ1) is 8.56. The van der Waals surface area contributed by atoms with Gasteiger partial charge in [-0.2, -0.15) is 0 Å². The van der Waals surface area contributed by atoms with Gasteiger partial charge in [-0.3, -0.25) is 10.1 Å². The van der Waals surface area contributed by atoms with Crippen LogP contribution in [0.4, 0.5) is 11.4 Å². The van der Waals surface area contributed by atoms with Gasteiger partial charge in [0.1, 0.15) is 0 Å². The first-order valence-electron chi connectivity index (χ1n) is 4.98. The first kappa shape index (κ1) is 13.5. The van der Waals surface area contributed by atoms with E-state index >= 15 is 0 Å². The van der Waals surface area contributed by atoms with Crippen molar-refractivity contribution in [1.29, 1.82) is 0 Å². The fraction of sp³-hybridized carbons (Fsp3) is 0.0909. The lowest BCUT2D eigenvalue weighted by Gasteiger charge is -2.07. The summed E-state index contributed by atoms with van der Waals surface area (Å²) in [5.74, 6) is 0. The van der Waals surface area contributed by atoms with Crippen molar-refractivity contribution in [1.82, 2.24) is 0 Å². The number of benzene rings is 1. The third kappa shape index (κ3) is 3.30. The summed E-state index contributed by atoms with van der Waals surface area (Å²) in [5, 5.41) is 13.9. The lowest BCUT2D eigenvalue weighted by molar-refractivity contribution is -0.384. The summed E-state index contributed by atoms with van der Waals surface area (Å²) in [5.41, 5.74) is 0.793. The summed E-state index contributed by atoms with van der Waals surface area (Å²) in [4.78, 5) is 11.4. The smallest absolute Gasteiger partial charge is 0.271 e. The van der Waals surface area contributed by atoms with E-state index in [2.05, 4.69) is 37.2 Å². The van der Waals surface area contributed by atoms with E-state index in [0.717, 1.165) is 13.1 Å². The van der Waals surface area contributed by atoms with E-state index in [1.807, 2.05) is 12.1 Å². The molecule has 18 heavy (non-hydrogen) atoms. The van der Waals surface area contributed by atoms with Gasteiger partial charge >= 0.3 is 0 Å². The zero-order valence-electron chi connectivity index (χ0n) is 9.02. The van der Waals surface area contributed by atoms with Gasteiger partial charge in [-0.05, 0) is 50.1 Å². The SMILES string of the molecule is O=[N+]([O-])c1ccc(Br)c(NCc2ccc(Br)s2)c1. The van der Waals surface area contributed by atoms with E-state index in [4.69, 9.17) is 0 Å². The van der Waals surface area contributed by atoms with E-state index in [1.165, 1.54) is 12.1 Å². The lowest BCUT2D eigenvalue weighted by Crippen LogP contribution is -1.99. The minimum atomic E-state index is -0.403. The van der Waals surface area contributed by atoms with Crippen molar-refractivity contribution in [3.05, 3.63) is 53.6 Å². The molecular weight excluding hydrogens is 384 g/mol. The van der Waals surface area contributed by atoms with Crippen molar-refractivity contribution in [3.8, 4) is 0 Å². The van der Waals surface area contributed by atoms with Gasteiger partial charge in [-0.1, -0.05) is 0 Å². The molecule has 0 saturated heterocycles. The average Bonchev–Trinajstić information content (AvgIpc) is 2.74. The molecule has 0 radical (unpaired) electrons. The summed E-state index contributed by atoms with van der Waals surface area (Å²) < 4.78 is 1.88. The lowest BCUT2D eigenvalue weighted by atomic mass is 10.3. The molecule has 7 heteroatoms. The number of non-ortho nitro benzene ring substituents is 1. The summed E-state index contributed by atoms with van der Waals surface area (Å²) in [7, 11) is 0. The molecule has 1 aromatic heterocycles. The molecule has 0 atom stereocenters. The number of halogens is 2. The van der Waals surface area contributed by atoms with Crippen LogP contribution in [-0.2, 0) is 6.54 Å². The summed E-state index contributed by atoms with van der Waals surface area (Å²) >= 11 is 8.39. The molecule has 94 valence electrons. The number of nitrogens with zero attached hydrogens (tertiary/aromatic N) is 1. The van der Waals surface area contributed by atoms with Crippen LogP contribution in [0.3, 0.4) is 0 Å². The maximum atomic E-state index is 10.7. The zero-order valence-corrected chi connectivity index (χ0v) is 13.0. The molecule has 0 amide bonds. The van der Waals surface area contributed by atoms with E-state index in [-0.39, 0.29) is 5.69 Å². The number of nitro groups is 1.